The molecule has 2 bridgehead atoms. The van der Waals surface area contributed by atoms with Crippen LogP contribution in [0.15, 0.2) is 28.9 Å². The lowest BCUT2D eigenvalue weighted by atomic mass is 10.1. The Hall–Kier alpha value is -2.39. The third kappa shape index (κ3) is 4.86. The van der Waals surface area contributed by atoms with Crippen molar-refractivity contribution in [1.29, 1.82) is 0 Å². The highest BCUT2D eigenvalue weighted by Gasteiger charge is 2.41. The SMILES string of the molecule is CCc1cc(N2CC3CC2CN3C)ccc1Nc1ncc(Br)c(NCCCN2CCCC2=O)n1. The Morgan fingerprint density at radius 2 is 2.12 bits per heavy atom. The first-order valence-corrected chi connectivity index (χ1v) is 13.2. The zero-order chi connectivity index (χ0) is 23.7. The minimum Gasteiger partial charge on any atom is -0.369 e. The van der Waals surface area contributed by atoms with Crippen LogP contribution in [0.1, 0.15) is 38.2 Å². The van der Waals surface area contributed by atoms with E-state index >= 15 is 0 Å². The lowest BCUT2D eigenvalue weighted by molar-refractivity contribution is -0.127. The van der Waals surface area contributed by atoms with Crippen molar-refractivity contribution in [1.82, 2.24) is 19.8 Å². The number of hydrogen-bond donors (Lipinski definition) is 2. The molecule has 2 atom stereocenters. The summed E-state index contributed by atoms with van der Waals surface area (Å²) in [5, 5.41) is 6.81. The van der Waals surface area contributed by atoms with Gasteiger partial charge in [-0.1, -0.05) is 6.92 Å². The van der Waals surface area contributed by atoms with Gasteiger partial charge in [0.25, 0.3) is 0 Å². The number of aryl methyl sites for hydroxylation is 1. The molecule has 0 saturated carbocycles. The number of aromatic nitrogens is 2. The molecule has 2 N–H and O–H groups in total. The van der Waals surface area contributed by atoms with Crippen molar-refractivity contribution >= 4 is 45.0 Å². The van der Waals surface area contributed by atoms with E-state index in [1.54, 1.807) is 6.20 Å². The van der Waals surface area contributed by atoms with Crippen LogP contribution in [0, 0.1) is 0 Å². The number of nitrogens with zero attached hydrogens (tertiary/aromatic N) is 5. The van der Waals surface area contributed by atoms with Crippen molar-refractivity contribution in [3.05, 3.63) is 34.4 Å². The average Bonchev–Trinajstić information content (AvgIpc) is 3.54. The molecule has 1 aromatic heterocycles. The fraction of sp³-hybridized carbons (Fsp3) is 0.560. The molecule has 4 heterocycles. The summed E-state index contributed by atoms with van der Waals surface area (Å²) < 4.78 is 0.829. The largest absolute Gasteiger partial charge is 0.369 e. The Kier molecular flexibility index (Phi) is 6.92. The third-order valence-corrected chi connectivity index (χ3v) is 7.96. The first-order valence-electron chi connectivity index (χ1n) is 12.4. The van der Waals surface area contributed by atoms with Gasteiger partial charge < -0.3 is 20.4 Å². The van der Waals surface area contributed by atoms with Crippen molar-refractivity contribution < 1.29 is 4.79 Å². The highest BCUT2D eigenvalue weighted by molar-refractivity contribution is 9.10. The van der Waals surface area contributed by atoms with Gasteiger partial charge in [0, 0.05) is 68.8 Å². The molecule has 3 saturated heterocycles. The second kappa shape index (κ2) is 10.1. The Labute approximate surface area is 210 Å². The summed E-state index contributed by atoms with van der Waals surface area (Å²) in [5.74, 6) is 1.61. The van der Waals surface area contributed by atoms with E-state index < -0.39 is 0 Å². The molecular weight excluding hydrogens is 494 g/mol. The van der Waals surface area contributed by atoms with Crippen LogP contribution in [0.3, 0.4) is 0 Å². The Morgan fingerprint density at radius 3 is 2.82 bits per heavy atom. The van der Waals surface area contributed by atoms with Crippen LogP contribution < -0.4 is 15.5 Å². The smallest absolute Gasteiger partial charge is 0.229 e. The molecule has 2 aromatic rings. The molecular formula is C25H34BrN7O. The van der Waals surface area contributed by atoms with Gasteiger partial charge in [-0.15, -0.1) is 0 Å². The number of carbonyl (C=O) groups is 1. The van der Waals surface area contributed by atoms with E-state index in [-0.39, 0.29) is 5.91 Å². The monoisotopic (exact) mass is 527 g/mol. The number of hydrogen-bond acceptors (Lipinski definition) is 7. The highest BCUT2D eigenvalue weighted by Crippen LogP contribution is 2.35. The van der Waals surface area contributed by atoms with Crippen molar-refractivity contribution in [2.45, 2.75) is 51.1 Å². The van der Waals surface area contributed by atoms with Crippen LogP contribution in [0.5, 0.6) is 0 Å². The number of likely N-dealkylation sites (tertiary alicyclic amines) is 2. The minimum atomic E-state index is 0.275. The van der Waals surface area contributed by atoms with E-state index in [4.69, 9.17) is 0 Å². The summed E-state index contributed by atoms with van der Waals surface area (Å²) >= 11 is 3.55. The van der Waals surface area contributed by atoms with E-state index in [2.05, 4.69) is 78.5 Å². The molecule has 2 unspecified atom stereocenters. The van der Waals surface area contributed by atoms with Gasteiger partial charge in [0.05, 0.1) is 4.47 Å². The molecule has 8 nitrogen and oxygen atoms in total. The summed E-state index contributed by atoms with van der Waals surface area (Å²) in [6, 6.07) is 8.02. The second-order valence-electron chi connectivity index (χ2n) is 9.61. The molecule has 1 aromatic carbocycles. The molecule has 34 heavy (non-hydrogen) atoms. The predicted octanol–water partition coefficient (Wildman–Crippen LogP) is 3.86. The van der Waals surface area contributed by atoms with Gasteiger partial charge in [-0.05, 0) is 72.4 Å². The normalized spacial score (nSPS) is 22.1. The van der Waals surface area contributed by atoms with E-state index in [1.165, 1.54) is 17.7 Å². The molecule has 9 heteroatoms. The average molecular weight is 528 g/mol. The molecule has 0 spiro atoms. The maximum Gasteiger partial charge on any atom is 0.229 e. The zero-order valence-corrected chi connectivity index (χ0v) is 21.6. The van der Waals surface area contributed by atoms with Crippen LogP contribution in [0.4, 0.5) is 23.1 Å². The lowest BCUT2D eigenvalue weighted by Crippen LogP contribution is -2.44. The van der Waals surface area contributed by atoms with Crippen LogP contribution in [0.2, 0.25) is 0 Å². The number of carbonyl (C=O) groups excluding carboxylic acids is 1. The topological polar surface area (TPSA) is 76.6 Å². The Bertz CT molecular complexity index is 1050. The van der Waals surface area contributed by atoms with E-state index in [1.807, 2.05) is 4.90 Å². The van der Waals surface area contributed by atoms with E-state index in [0.717, 1.165) is 68.0 Å². The van der Waals surface area contributed by atoms with Gasteiger partial charge in [0.1, 0.15) is 5.82 Å². The van der Waals surface area contributed by atoms with Crippen LogP contribution >= 0.6 is 15.9 Å². The van der Waals surface area contributed by atoms with Gasteiger partial charge in [0.2, 0.25) is 11.9 Å². The highest BCUT2D eigenvalue weighted by atomic mass is 79.9. The maximum atomic E-state index is 11.8. The number of nitrogens with one attached hydrogen (secondary N) is 2. The van der Waals surface area contributed by atoms with E-state index in [0.29, 0.717) is 24.5 Å². The first kappa shape index (κ1) is 23.4. The molecule has 0 radical (unpaired) electrons. The van der Waals surface area contributed by atoms with Gasteiger partial charge in [-0.2, -0.15) is 4.98 Å². The van der Waals surface area contributed by atoms with Gasteiger partial charge >= 0.3 is 0 Å². The van der Waals surface area contributed by atoms with Crippen LogP contribution in [0.25, 0.3) is 0 Å². The van der Waals surface area contributed by atoms with Crippen molar-refractivity contribution in [2.75, 3.05) is 55.3 Å². The summed E-state index contributed by atoms with van der Waals surface area (Å²) in [4.78, 5) is 27.9. The van der Waals surface area contributed by atoms with Crippen molar-refractivity contribution in [3.63, 3.8) is 0 Å². The Balaban J connectivity index is 1.22. The summed E-state index contributed by atoms with van der Waals surface area (Å²) in [6.07, 6.45) is 6.55. The van der Waals surface area contributed by atoms with Crippen molar-refractivity contribution in [2.24, 2.45) is 0 Å². The number of piperazine rings is 1. The third-order valence-electron chi connectivity index (χ3n) is 7.38. The first-order chi connectivity index (χ1) is 16.5. The molecule has 3 fully saturated rings. The molecule has 0 aliphatic carbocycles. The van der Waals surface area contributed by atoms with Crippen molar-refractivity contribution in [3.8, 4) is 0 Å². The van der Waals surface area contributed by atoms with Crippen LogP contribution in [-0.2, 0) is 11.2 Å². The summed E-state index contributed by atoms with van der Waals surface area (Å²) in [7, 11) is 2.24. The molecule has 1 amide bonds. The Morgan fingerprint density at radius 1 is 1.24 bits per heavy atom. The number of halogens is 1. The number of likely N-dealkylation sites (N-methyl/N-ethyl adjacent to an activating group) is 1. The summed E-state index contributed by atoms with van der Waals surface area (Å²) in [6.45, 7) is 6.89. The minimum absolute atomic E-state index is 0.275. The molecule has 3 aliphatic heterocycles. The second-order valence-corrected chi connectivity index (χ2v) is 10.5. The molecule has 5 rings (SSSR count). The molecule has 3 aliphatic rings. The number of benzene rings is 1. The molecule has 182 valence electrons. The van der Waals surface area contributed by atoms with Gasteiger partial charge in [0.15, 0.2) is 0 Å². The number of rotatable bonds is 9. The fourth-order valence-corrected chi connectivity index (χ4v) is 5.78. The number of fused-ring (bicyclic) bond motifs is 2. The zero-order valence-electron chi connectivity index (χ0n) is 20.1. The number of amides is 1. The van der Waals surface area contributed by atoms with E-state index in [9.17, 15) is 4.79 Å². The van der Waals surface area contributed by atoms with Gasteiger partial charge in [-0.25, -0.2) is 4.98 Å². The standard InChI is InChI=1S/C25H34BrN7O/c1-3-17-12-18(33-16-19-13-20(33)15-31(19)2)7-8-22(17)29-25-28-14-21(26)24(30-25)27-9-5-11-32-10-4-6-23(32)34/h7-8,12,14,19-20H,3-6,9-11,13,15-16H2,1-2H3,(H2,27,28,29,30). The maximum absolute atomic E-state index is 11.8. The fourth-order valence-electron chi connectivity index (χ4n) is 5.44. The number of anilines is 4. The lowest BCUT2D eigenvalue weighted by Gasteiger charge is -2.34. The van der Waals surface area contributed by atoms with Gasteiger partial charge in [-0.3, -0.25) is 9.69 Å². The quantitative estimate of drug-likeness (QED) is 0.479. The summed E-state index contributed by atoms with van der Waals surface area (Å²) in [5.41, 5.74) is 3.64. The van der Waals surface area contributed by atoms with Crippen LogP contribution in [-0.4, -0.2) is 77.5 Å². The predicted molar refractivity (Wildman–Crippen MR) is 140 cm³/mol.